The van der Waals surface area contributed by atoms with E-state index in [0.717, 1.165) is 80.2 Å². The second kappa shape index (κ2) is 7.79. The minimum atomic E-state index is 0.0675. The van der Waals surface area contributed by atoms with Gasteiger partial charge in [-0.15, -0.1) is 0 Å². The van der Waals surface area contributed by atoms with E-state index in [1.54, 1.807) is 0 Å². The van der Waals surface area contributed by atoms with Crippen molar-refractivity contribution in [3.05, 3.63) is 41.1 Å². The van der Waals surface area contributed by atoms with Gasteiger partial charge in [0.25, 0.3) is 0 Å². The summed E-state index contributed by atoms with van der Waals surface area (Å²) in [5.41, 5.74) is 12.3. The second-order valence-electron chi connectivity index (χ2n) is 9.32. The number of aromatic nitrogens is 4. The van der Waals surface area contributed by atoms with Gasteiger partial charge in [0.1, 0.15) is 0 Å². The van der Waals surface area contributed by atoms with E-state index >= 15 is 0 Å². The molecule has 0 unspecified atom stereocenters. The zero-order valence-electron chi connectivity index (χ0n) is 18.1. The van der Waals surface area contributed by atoms with Crippen LogP contribution in [0.1, 0.15) is 61.4 Å². The van der Waals surface area contributed by atoms with Crippen LogP contribution >= 0.6 is 0 Å². The summed E-state index contributed by atoms with van der Waals surface area (Å²) in [6.45, 7) is 3.11. The molecule has 6 rings (SSSR count). The molecule has 0 radical (unpaired) electrons. The molecule has 2 aromatic heterocycles. The van der Waals surface area contributed by atoms with Crippen molar-refractivity contribution in [3.63, 3.8) is 0 Å². The lowest BCUT2D eigenvalue weighted by Gasteiger charge is -2.38. The van der Waals surface area contributed by atoms with E-state index in [9.17, 15) is 0 Å². The van der Waals surface area contributed by atoms with Gasteiger partial charge in [-0.2, -0.15) is 5.10 Å². The average molecular weight is 418 g/mol. The number of aryl methyl sites for hydroxylation is 2. The van der Waals surface area contributed by atoms with Crippen LogP contribution in [0.4, 0.5) is 11.6 Å². The number of H-pyrrole nitrogens is 1. The SMILES string of the molecule is N[C@H]1C[C@@H]2CCc3nc4c(N5CCCCC5)n[nH]c4nc3N2CCCc2ccccc21. The number of piperidine rings is 1. The van der Waals surface area contributed by atoms with Crippen molar-refractivity contribution >= 4 is 22.8 Å². The first-order chi connectivity index (χ1) is 15.3. The zero-order chi connectivity index (χ0) is 20.8. The molecule has 0 aliphatic carbocycles. The Kier molecular flexibility index (Phi) is 4.78. The number of nitrogens with zero attached hydrogens (tertiary/aromatic N) is 5. The van der Waals surface area contributed by atoms with Gasteiger partial charge in [-0.05, 0) is 62.5 Å². The maximum Gasteiger partial charge on any atom is 0.178 e. The number of hydrogen-bond acceptors (Lipinski definition) is 6. The highest BCUT2D eigenvalue weighted by Crippen LogP contribution is 2.36. The molecule has 3 aromatic rings. The fraction of sp³-hybridized carbons (Fsp3) is 0.542. The Hall–Kier alpha value is -2.67. The molecule has 0 bridgehead atoms. The Morgan fingerprint density at radius 2 is 1.81 bits per heavy atom. The number of nitrogens with one attached hydrogen (secondary N) is 1. The average Bonchev–Trinajstić information content (AvgIpc) is 3.24. The van der Waals surface area contributed by atoms with Crippen molar-refractivity contribution in [2.45, 2.75) is 63.5 Å². The van der Waals surface area contributed by atoms with Crippen molar-refractivity contribution < 1.29 is 0 Å². The molecule has 1 fully saturated rings. The van der Waals surface area contributed by atoms with Crippen LogP contribution in [-0.2, 0) is 12.8 Å². The summed E-state index contributed by atoms with van der Waals surface area (Å²) >= 11 is 0. The molecule has 0 saturated carbocycles. The van der Waals surface area contributed by atoms with Gasteiger partial charge in [0.15, 0.2) is 22.8 Å². The van der Waals surface area contributed by atoms with E-state index in [4.69, 9.17) is 15.7 Å². The van der Waals surface area contributed by atoms with E-state index in [2.05, 4.69) is 44.3 Å². The van der Waals surface area contributed by atoms with E-state index in [1.165, 1.54) is 30.4 Å². The molecule has 0 spiro atoms. The predicted molar refractivity (Wildman–Crippen MR) is 124 cm³/mol. The number of anilines is 2. The molecule has 3 aliphatic rings. The van der Waals surface area contributed by atoms with Gasteiger partial charge in [0.05, 0.1) is 5.69 Å². The lowest BCUT2D eigenvalue weighted by molar-refractivity contribution is 0.452. The molecule has 3 aliphatic heterocycles. The summed E-state index contributed by atoms with van der Waals surface area (Å²) in [6.07, 6.45) is 8.91. The summed E-state index contributed by atoms with van der Waals surface area (Å²) in [6, 6.07) is 9.17. The van der Waals surface area contributed by atoms with Crippen LogP contribution in [0.25, 0.3) is 11.2 Å². The Balaban J connectivity index is 1.34. The molecule has 3 N–H and O–H groups in total. The molecule has 162 valence electrons. The summed E-state index contributed by atoms with van der Waals surface area (Å²) in [7, 11) is 0. The van der Waals surface area contributed by atoms with Gasteiger partial charge in [-0.3, -0.25) is 5.10 Å². The van der Waals surface area contributed by atoms with Gasteiger partial charge < -0.3 is 15.5 Å². The standard InChI is InChI=1S/C24H31N7/c25-19-15-17-10-11-20-23(31(17)14-6-8-16-7-2-3-9-18(16)19)27-22-21(26-20)24(29-28-22)30-12-4-1-5-13-30/h2-3,7,9,17,19H,1,4-6,8,10-15,25H2,(H,27,28,29)/t17-,19-/m0/s1. The normalized spacial score (nSPS) is 24.0. The van der Waals surface area contributed by atoms with Crippen LogP contribution in [0, 0.1) is 0 Å². The predicted octanol–water partition coefficient (Wildman–Crippen LogP) is 3.50. The third kappa shape index (κ3) is 3.35. The van der Waals surface area contributed by atoms with E-state index in [0.29, 0.717) is 6.04 Å². The molecule has 7 heteroatoms. The molecule has 2 atom stereocenters. The van der Waals surface area contributed by atoms with Gasteiger partial charge in [0.2, 0.25) is 0 Å². The first kappa shape index (κ1) is 19.0. The third-order valence-corrected chi connectivity index (χ3v) is 7.33. The number of nitrogens with two attached hydrogens (primary N) is 1. The highest BCUT2D eigenvalue weighted by atomic mass is 15.3. The number of benzene rings is 1. The number of rotatable bonds is 1. The fourth-order valence-electron chi connectivity index (χ4n) is 5.73. The first-order valence-electron chi connectivity index (χ1n) is 11.9. The van der Waals surface area contributed by atoms with E-state index < -0.39 is 0 Å². The van der Waals surface area contributed by atoms with Crippen molar-refractivity contribution in [3.8, 4) is 0 Å². The van der Waals surface area contributed by atoms with Crippen LogP contribution < -0.4 is 15.5 Å². The van der Waals surface area contributed by atoms with Crippen molar-refractivity contribution in [1.82, 2.24) is 20.2 Å². The van der Waals surface area contributed by atoms with Crippen LogP contribution in [0.3, 0.4) is 0 Å². The lowest BCUT2D eigenvalue weighted by Crippen LogP contribution is -2.42. The molecule has 1 aromatic carbocycles. The summed E-state index contributed by atoms with van der Waals surface area (Å²) in [5, 5.41) is 7.80. The highest BCUT2D eigenvalue weighted by Gasteiger charge is 2.32. The van der Waals surface area contributed by atoms with E-state index in [1.807, 2.05) is 0 Å². The lowest BCUT2D eigenvalue weighted by atomic mass is 9.91. The van der Waals surface area contributed by atoms with E-state index in [-0.39, 0.29) is 6.04 Å². The molecule has 1 saturated heterocycles. The third-order valence-electron chi connectivity index (χ3n) is 7.33. The van der Waals surface area contributed by atoms with Gasteiger partial charge >= 0.3 is 0 Å². The van der Waals surface area contributed by atoms with Crippen molar-refractivity contribution in [2.24, 2.45) is 5.73 Å². The Labute approximate surface area is 183 Å². The maximum absolute atomic E-state index is 6.70. The van der Waals surface area contributed by atoms with Gasteiger partial charge in [-0.25, -0.2) is 9.97 Å². The quantitative estimate of drug-likeness (QED) is 0.630. The minimum absolute atomic E-state index is 0.0675. The van der Waals surface area contributed by atoms with Gasteiger partial charge in [0, 0.05) is 31.7 Å². The van der Waals surface area contributed by atoms with Gasteiger partial charge in [-0.1, -0.05) is 24.3 Å². The smallest absolute Gasteiger partial charge is 0.178 e. The maximum atomic E-state index is 6.70. The highest BCUT2D eigenvalue weighted by molar-refractivity contribution is 5.85. The number of aromatic amines is 1. The summed E-state index contributed by atoms with van der Waals surface area (Å²) < 4.78 is 0. The molecular weight excluding hydrogens is 386 g/mol. The first-order valence-corrected chi connectivity index (χ1v) is 11.9. The van der Waals surface area contributed by atoms with Crippen molar-refractivity contribution in [1.29, 1.82) is 0 Å². The Morgan fingerprint density at radius 1 is 0.935 bits per heavy atom. The monoisotopic (exact) mass is 417 g/mol. The number of fused-ring (bicyclic) bond motifs is 5. The Bertz CT molecular complexity index is 1080. The fourth-order valence-corrected chi connectivity index (χ4v) is 5.73. The zero-order valence-corrected chi connectivity index (χ0v) is 18.1. The Morgan fingerprint density at radius 3 is 2.71 bits per heavy atom. The molecule has 5 heterocycles. The van der Waals surface area contributed by atoms with Crippen LogP contribution in [0.2, 0.25) is 0 Å². The minimum Gasteiger partial charge on any atom is -0.353 e. The van der Waals surface area contributed by atoms with Crippen LogP contribution in [-0.4, -0.2) is 45.8 Å². The molecule has 0 amide bonds. The van der Waals surface area contributed by atoms with Crippen LogP contribution in [0.15, 0.2) is 24.3 Å². The van der Waals surface area contributed by atoms with Crippen LogP contribution in [0.5, 0.6) is 0 Å². The summed E-state index contributed by atoms with van der Waals surface area (Å²) in [5.74, 6) is 2.02. The summed E-state index contributed by atoms with van der Waals surface area (Å²) in [4.78, 5) is 15.0. The largest absolute Gasteiger partial charge is 0.353 e. The van der Waals surface area contributed by atoms with Crippen molar-refractivity contribution in [2.75, 3.05) is 29.4 Å². The second-order valence-corrected chi connectivity index (χ2v) is 9.32. The topological polar surface area (TPSA) is 87.0 Å². The molecule has 31 heavy (non-hydrogen) atoms. The number of hydrogen-bond donors (Lipinski definition) is 2. The molecular formula is C24H31N7. The molecule has 7 nitrogen and oxygen atoms in total.